The molecule has 2 aromatic carbocycles. The first-order chi connectivity index (χ1) is 17.4. The second-order valence-corrected chi connectivity index (χ2v) is 9.70. The van der Waals surface area contributed by atoms with Crippen molar-refractivity contribution in [3.8, 4) is 16.9 Å². The van der Waals surface area contributed by atoms with E-state index in [4.69, 9.17) is 21.1 Å². The predicted molar refractivity (Wildman–Crippen MR) is 139 cm³/mol. The Bertz CT molecular complexity index is 1230. The van der Waals surface area contributed by atoms with Crippen LogP contribution < -0.4 is 10.1 Å². The van der Waals surface area contributed by atoms with Gasteiger partial charge in [0.25, 0.3) is 0 Å². The van der Waals surface area contributed by atoms with E-state index in [1.807, 2.05) is 29.6 Å². The summed E-state index contributed by atoms with van der Waals surface area (Å²) in [6, 6.07) is 11.8. The number of anilines is 1. The van der Waals surface area contributed by atoms with Gasteiger partial charge in [0.1, 0.15) is 22.1 Å². The van der Waals surface area contributed by atoms with Crippen LogP contribution >= 0.6 is 22.9 Å². The molecule has 2 heterocycles. The molecule has 0 saturated carbocycles. The molecule has 1 aromatic heterocycles. The first kappa shape index (κ1) is 26.1. The fourth-order valence-electron chi connectivity index (χ4n) is 4.10. The highest BCUT2D eigenvalue weighted by Crippen LogP contribution is 2.36. The Morgan fingerprint density at radius 2 is 1.75 bits per heavy atom. The SMILES string of the molecule is COC(=O)c1c(-c2ccc(OC)cc2)csc1NC(=O)CN1CCN(Cc2ccc(F)cc2Cl)CC1. The van der Waals surface area contributed by atoms with Crippen LogP contribution in [0.15, 0.2) is 47.8 Å². The zero-order valence-electron chi connectivity index (χ0n) is 20.1. The Labute approximate surface area is 218 Å². The summed E-state index contributed by atoms with van der Waals surface area (Å²) < 4.78 is 23.5. The van der Waals surface area contributed by atoms with E-state index >= 15 is 0 Å². The van der Waals surface area contributed by atoms with E-state index < -0.39 is 5.97 Å². The number of hydrogen-bond donors (Lipinski definition) is 1. The number of methoxy groups -OCH3 is 2. The summed E-state index contributed by atoms with van der Waals surface area (Å²) >= 11 is 7.44. The minimum atomic E-state index is -0.509. The minimum Gasteiger partial charge on any atom is -0.497 e. The molecule has 3 aromatic rings. The van der Waals surface area contributed by atoms with Gasteiger partial charge in [0.2, 0.25) is 5.91 Å². The number of benzene rings is 2. The summed E-state index contributed by atoms with van der Waals surface area (Å²) in [6.07, 6.45) is 0. The normalized spacial score (nSPS) is 14.4. The lowest BCUT2D eigenvalue weighted by atomic mass is 10.0. The molecule has 0 aliphatic carbocycles. The molecule has 190 valence electrons. The van der Waals surface area contributed by atoms with Crippen molar-refractivity contribution in [2.45, 2.75) is 6.54 Å². The van der Waals surface area contributed by atoms with Gasteiger partial charge in [0.05, 0.1) is 20.8 Å². The number of halogens is 2. The molecule has 0 spiro atoms. The van der Waals surface area contributed by atoms with E-state index in [1.54, 1.807) is 13.2 Å². The maximum atomic E-state index is 13.3. The van der Waals surface area contributed by atoms with Crippen LogP contribution in [-0.4, -0.2) is 68.6 Å². The van der Waals surface area contributed by atoms with Gasteiger partial charge in [0, 0.05) is 48.7 Å². The molecule has 36 heavy (non-hydrogen) atoms. The van der Waals surface area contributed by atoms with Crippen LogP contribution in [0, 0.1) is 5.82 Å². The van der Waals surface area contributed by atoms with Crippen LogP contribution in [0.1, 0.15) is 15.9 Å². The number of carbonyl (C=O) groups is 2. The molecule has 1 amide bonds. The Morgan fingerprint density at radius 3 is 2.39 bits per heavy atom. The number of thiophene rings is 1. The van der Waals surface area contributed by atoms with Crippen LogP contribution in [0.4, 0.5) is 9.39 Å². The zero-order valence-corrected chi connectivity index (χ0v) is 21.6. The van der Waals surface area contributed by atoms with Gasteiger partial charge < -0.3 is 14.8 Å². The highest BCUT2D eigenvalue weighted by molar-refractivity contribution is 7.15. The van der Waals surface area contributed by atoms with Crippen molar-refractivity contribution in [1.82, 2.24) is 9.80 Å². The Kier molecular flexibility index (Phi) is 8.58. The Balaban J connectivity index is 1.36. The first-order valence-electron chi connectivity index (χ1n) is 11.4. The van der Waals surface area contributed by atoms with Crippen molar-refractivity contribution >= 4 is 39.8 Å². The lowest BCUT2D eigenvalue weighted by Gasteiger charge is -2.34. The van der Waals surface area contributed by atoms with Gasteiger partial charge in [-0.2, -0.15) is 0 Å². The number of ether oxygens (including phenoxy) is 2. The number of amides is 1. The van der Waals surface area contributed by atoms with Gasteiger partial charge in [-0.3, -0.25) is 14.6 Å². The predicted octanol–water partition coefficient (Wildman–Crippen LogP) is 4.76. The molecular formula is C26H27ClFN3O4S. The molecule has 0 unspecified atom stereocenters. The van der Waals surface area contributed by atoms with Crippen molar-refractivity contribution in [2.75, 3.05) is 52.3 Å². The zero-order chi connectivity index (χ0) is 25.7. The third-order valence-corrected chi connectivity index (χ3v) is 7.32. The summed E-state index contributed by atoms with van der Waals surface area (Å²) in [5.41, 5.74) is 2.73. The third-order valence-electron chi connectivity index (χ3n) is 6.08. The van der Waals surface area contributed by atoms with Gasteiger partial charge in [-0.15, -0.1) is 11.3 Å². The fraction of sp³-hybridized carbons (Fsp3) is 0.308. The molecule has 1 aliphatic rings. The van der Waals surface area contributed by atoms with Gasteiger partial charge in [-0.25, -0.2) is 9.18 Å². The van der Waals surface area contributed by atoms with Crippen molar-refractivity contribution in [1.29, 1.82) is 0 Å². The number of esters is 1. The van der Waals surface area contributed by atoms with Crippen LogP contribution in [0.5, 0.6) is 5.75 Å². The summed E-state index contributed by atoms with van der Waals surface area (Å²) in [4.78, 5) is 29.7. The number of carbonyl (C=O) groups excluding carboxylic acids is 2. The number of rotatable bonds is 8. The van der Waals surface area contributed by atoms with Crippen molar-refractivity contribution in [2.24, 2.45) is 0 Å². The first-order valence-corrected chi connectivity index (χ1v) is 12.7. The maximum absolute atomic E-state index is 13.3. The molecule has 10 heteroatoms. The standard InChI is InChI=1S/C26H27ClFN3O4S/c1-34-20-7-4-17(5-8-20)21-16-36-25(24(21)26(33)35-2)29-23(32)15-31-11-9-30(10-12-31)14-18-3-6-19(28)13-22(18)27/h3-8,13,16H,9-12,14-15H2,1-2H3,(H,29,32). The quantitative estimate of drug-likeness (QED) is 0.423. The van der Waals surface area contributed by atoms with E-state index in [9.17, 15) is 14.0 Å². The van der Waals surface area contributed by atoms with Crippen molar-refractivity contribution in [3.63, 3.8) is 0 Å². The molecule has 0 radical (unpaired) electrons. The summed E-state index contributed by atoms with van der Waals surface area (Å²) in [6.45, 7) is 3.77. The summed E-state index contributed by atoms with van der Waals surface area (Å²) in [5.74, 6) is -0.344. The van der Waals surface area contributed by atoms with E-state index in [0.29, 0.717) is 46.5 Å². The number of piperazine rings is 1. The average Bonchev–Trinajstić information content (AvgIpc) is 3.29. The highest BCUT2D eigenvalue weighted by Gasteiger charge is 2.24. The van der Waals surface area contributed by atoms with Gasteiger partial charge >= 0.3 is 5.97 Å². The number of nitrogens with zero attached hydrogens (tertiary/aromatic N) is 2. The van der Waals surface area contributed by atoms with E-state index in [0.717, 1.165) is 24.2 Å². The third kappa shape index (κ3) is 6.22. The van der Waals surface area contributed by atoms with Crippen LogP contribution in [0.25, 0.3) is 11.1 Å². The fourth-order valence-corrected chi connectivity index (χ4v) is 5.30. The van der Waals surface area contributed by atoms with Crippen LogP contribution in [-0.2, 0) is 16.1 Å². The molecular weight excluding hydrogens is 505 g/mol. The molecule has 4 rings (SSSR count). The van der Waals surface area contributed by atoms with E-state index in [2.05, 4.69) is 15.1 Å². The lowest BCUT2D eigenvalue weighted by molar-refractivity contribution is -0.117. The van der Waals surface area contributed by atoms with E-state index in [-0.39, 0.29) is 18.3 Å². The lowest BCUT2D eigenvalue weighted by Crippen LogP contribution is -2.48. The van der Waals surface area contributed by atoms with Crippen molar-refractivity contribution < 1.29 is 23.5 Å². The van der Waals surface area contributed by atoms with Crippen LogP contribution in [0.3, 0.4) is 0 Å². The molecule has 1 fully saturated rings. The van der Waals surface area contributed by atoms with Gasteiger partial charge in [0.15, 0.2) is 0 Å². The maximum Gasteiger partial charge on any atom is 0.341 e. The average molecular weight is 532 g/mol. The number of hydrogen-bond acceptors (Lipinski definition) is 7. The van der Waals surface area contributed by atoms with E-state index in [1.165, 1.54) is 30.6 Å². The smallest absolute Gasteiger partial charge is 0.341 e. The molecule has 0 bridgehead atoms. The topological polar surface area (TPSA) is 71.1 Å². The van der Waals surface area contributed by atoms with Gasteiger partial charge in [-0.1, -0.05) is 29.8 Å². The van der Waals surface area contributed by atoms with Gasteiger partial charge in [-0.05, 0) is 35.4 Å². The van der Waals surface area contributed by atoms with Crippen molar-refractivity contribution in [3.05, 3.63) is 69.8 Å². The largest absolute Gasteiger partial charge is 0.497 e. The molecule has 7 nitrogen and oxygen atoms in total. The number of nitrogens with one attached hydrogen (secondary N) is 1. The molecule has 0 atom stereocenters. The monoisotopic (exact) mass is 531 g/mol. The molecule has 1 aliphatic heterocycles. The highest BCUT2D eigenvalue weighted by atomic mass is 35.5. The minimum absolute atomic E-state index is 0.196. The summed E-state index contributed by atoms with van der Waals surface area (Å²) in [5, 5.41) is 5.61. The summed E-state index contributed by atoms with van der Waals surface area (Å²) in [7, 11) is 2.91. The van der Waals surface area contributed by atoms with Crippen LogP contribution in [0.2, 0.25) is 5.02 Å². The molecule has 1 N–H and O–H groups in total. The Hall–Kier alpha value is -2.98. The Morgan fingerprint density at radius 1 is 1.06 bits per heavy atom. The second-order valence-electron chi connectivity index (χ2n) is 8.41. The second kappa shape index (κ2) is 11.8. The molecule has 1 saturated heterocycles.